The first-order chi connectivity index (χ1) is 9.84. The standard InChI is InChI=1S/C18H25NO/c20-18(19-13-14-7-2-1-3-8-14)17-12-6-10-15-9-4-5-11-16(15)17/h4-5,9,11,14,17H,1-3,6-8,10,12-13H2,(H,19,20). The molecule has 20 heavy (non-hydrogen) atoms. The van der Waals surface area contributed by atoms with Crippen LogP contribution in [0.1, 0.15) is 62.0 Å². The second kappa shape index (κ2) is 6.43. The summed E-state index contributed by atoms with van der Waals surface area (Å²) in [5.74, 6) is 1.05. The number of benzene rings is 1. The third-order valence-electron chi connectivity index (χ3n) is 4.98. The van der Waals surface area contributed by atoms with E-state index >= 15 is 0 Å². The van der Waals surface area contributed by atoms with Crippen molar-refractivity contribution in [1.29, 1.82) is 0 Å². The third kappa shape index (κ3) is 3.05. The molecule has 0 saturated heterocycles. The van der Waals surface area contributed by atoms with Gasteiger partial charge in [0.2, 0.25) is 5.91 Å². The van der Waals surface area contributed by atoms with Crippen molar-refractivity contribution in [2.45, 2.75) is 57.3 Å². The predicted molar refractivity (Wildman–Crippen MR) is 81.7 cm³/mol. The fraction of sp³-hybridized carbons (Fsp3) is 0.611. The number of hydrogen-bond acceptors (Lipinski definition) is 1. The number of aryl methyl sites for hydroxylation is 1. The van der Waals surface area contributed by atoms with Gasteiger partial charge in [-0.15, -0.1) is 0 Å². The Morgan fingerprint density at radius 1 is 1.05 bits per heavy atom. The summed E-state index contributed by atoms with van der Waals surface area (Å²) < 4.78 is 0. The molecule has 0 spiro atoms. The maximum Gasteiger partial charge on any atom is 0.227 e. The van der Waals surface area contributed by atoms with Crippen LogP contribution in [0.25, 0.3) is 0 Å². The van der Waals surface area contributed by atoms with E-state index in [0.29, 0.717) is 5.92 Å². The fourth-order valence-electron chi connectivity index (χ4n) is 3.79. The maximum atomic E-state index is 12.5. The summed E-state index contributed by atoms with van der Waals surface area (Å²) in [5.41, 5.74) is 2.64. The molecule has 1 N–H and O–H groups in total. The van der Waals surface area contributed by atoms with E-state index in [4.69, 9.17) is 0 Å². The van der Waals surface area contributed by atoms with Crippen LogP contribution in [0.5, 0.6) is 0 Å². The van der Waals surface area contributed by atoms with Crippen molar-refractivity contribution in [1.82, 2.24) is 5.32 Å². The highest BCUT2D eigenvalue weighted by atomic mass is 16.1. The van der Waals surface area contributed by atoms with Crippen LogP contribution >= 0.6 is 0 Å². The molecule has 2 aliphatic carbocycles. The molecule has 1 amide bonds. The smallest absolute Gasteiger partial charge is 0.227 e. The Kier molecular flexibility index (Phi) is 4.39. The van der Waals surface area contributed by atoms with E-state index in [-0.39, 0.29) is 11.8 Å². The van der Waals surface area contributed by atoms with E-state index in [1.165, 1.54) is 43.2 Å². The van der Waals surface area contributed by atoms with Gasteiger partial charge in [0.15, 0.2) is 0 Å². The number of carbonyl (C=O) groups is 1. The van der Waals surface area contributed by atoms with Gasteiger partial charge in [0.05, 0.1) is 5.92 Å². The fourth-order valence-corrected chi connectivity index (χ4v) is 3.79. The molecule has 2 nitrogen and oxygen atoms in total. The molecule has 1 aromatic rings. The number of amides is 1. The first-order valence-electron chi connectivity index (χ1n) is 8.20. The topological polar surface area (TPSA) is 29.1 Å². The average molecular weight is 271 g/mol. The highest BCUT2D eigenvalue weighted by molar-refractivity contribution is 5.84. The van der Waals surface area contributed by atoms with Crippen molar-refractivity contribution in [3.63, 3.8) is 0 Å². The van der Waals surface area contributed by atoms with Crippen molar-refractivity contribution in [3.8, 4) is 0 Å². The largest absolute Gasteiger partial charge is 0.355 e. The normalized spacial score (nSPS) is 23.1. The van der Waals surface area contributed by atoms with E-state index in [1.54, 1.807) is 0 Å². The summed E-state index contributed by atoms with van der Waals surface area (Å²) >= 11 is 0. The number of carbonyl (C=O) groups excluding carboxylic acids is 1. The van der Waals surface area contributed by atoms with Crippen LogP contribution < -0.4 is 5.32 Å². The van der Waals surface area contributed by atoms with Gasteiger partial charge in [-0.25, -0.2) is 0 Å². The van der Waals surface area contributed by atoms with Gasteiger partial charge in [0.25, 0.3) is 0 Å². The number of hydrogen-bond donors (Lipinski definition) is 1. The van der Waals surface area contributed by atoms with Gasteiger partial charge >= 0.3 is 0 Å². The first-order valence-corrected chi connectivity index (χ1v) is 8.20. The minimum Gasteiger partial charge on any atom is -0.355 e. The van der Waals surface area contributed by atoms with Crippen LogP contribution in [-0.2, 0) is 11.2 Å². The van der Waals surface area contributed by atoms with Gasteiger partial charge in [0, 0.05) is 6.54 Å². The Morgan fingerprint density at radius 3 is 2.70 bits per heavy atom. The lowest BCUT2D eigenvalue weighted by Gasteiger charge is -2.26. The molecule has 2 heteroatoms. The van der Waals surface area contributed by atoms with Gasteiger partial charge in [-0.05, 0) is 49.1 Å². The molecule has 1 fully saturated rings. The SMILES string of the molecule is O=C(NCC1CCCCC1)C1CCCc2ccccc21. The molecule has 0 radical (unpaired) electrons. The molecule has 0 heterocycles. The van der Waals surface area contributed by atoms with Crippen molar-refractivity contribution in [2.75, 3.05) is 6.54 Å². The maximum absolute atomic E-state index is 12.5. The molecule has 0 aromatic heterocycles. The van der Waals surface area contributed by atoms with Crippen LogP contribution in [0.4, 0.5) is 0 Å². The van der Waals surface area contributed by atoms with Crippen LogP contribution in [0, 0.1) is 5.92 Å². The molecule has 1 unspecified atom stereocenters. The number of rotatable bonds is 3. The van der Waals surface area contributed by atoms with Gasteiger partial charge < -0.3 is 5.32 Å². The zero-order valence-electron chi connectivity index (χ0n) is 12.2. The molecule has 1 aromatic carbocycles. The Bertz CT molecular complexity index is 462. The third-order valence-corrected chi connectivity index (χ3v) is 4.98. The monoisotopic (exact) mass is 271 g/mol. The van der Waals surface area contributed by atoms with Crippen LogP contribution in [0.15, 0.2) is 24.3 Å². The molecular weight excluding hydrogens is 246 g/mol. The van der Waals surface area contributed by atoms with E-state index < -0.39 is 0 Å². The van der Waals surface area contributed by atoms with Crippen molar-refractivity contribution < 1.29 is 4.79 Å². The van der Waals surface area contributed by atoms with E-state index in [0.717, 1.165) is 25.8 Å². The minimum atomic E-state index is 0.0866. The van der Waals surface area contributed by atoms with Crippen LogP contribution in [0.3, 0.4) is 0 Å². The predicted octanol–water partition coefficient (Wildman–Crippen LogP) is 3.80. The Hall–Kier alpha value is -1.31. The summed E-state index contributed by atoms with van der Waals surface area (Å²) in [6.45, 7) is 0.886. The molecule has 2 aliphatic rings. The molecule has 3 rings (SSSR count). The lowest BCUT2D eigenvalue weighted by Crippen LogP contribution is -2.35. The lowest BCUT2D eigenvalue weighted by molar-refractivity contribution is -0.123. The van der Waals surface area contributed by atoms with Gasteiger partial charge in [-0.3, -0.25) is 4.79 Å². The highest BCUT2D eigenvalue weighted by Gasteiger charge is 2.26. The second-order valence-electron chi connectivity index (χ2n) is 6.39. The van der Waals surface area contributed by atoms with E-state index in [1.807, 2.05) is 0 Å². The van der Waals surface area contributed by atoms with Gasteiger partial charge in [-0.2, -0.15) is 0 Å². The molecular formula is C18H25NO. The van der Waals surface area contributed by atoms with Crippen molar-refractivity contribution in [2.24, 2.45) is 5.92 Å². The van der Waals surface area contributed by atoms with E-state index in [2.05, 4.69) is 29.6 Å². The number of nitrogens with one attached hydrogen (secondary N) is 1. The zero-order chi connectivity index (χ0) is 13.8. The molecule has 0 bridgehead atoms. The quantitative estimate of drug-likeness (QED) is 0.890. The van der Waals surface area contributed by atoms with Crippen molar-refractivity contribution >= 4 is 5.91 Å². The minimum absolute atomic E-state index is 0.0866. The van der Waals surface area contributed by atoms with Crippen LogP contribution in [0.2, 0.25) is 0 Å². The zero-order valence-corrected chi connectivity index (χ0v) is 12.2. The lowest BCUT2D eigenvalue weighted by atomic mass is 9.82. The Labute approximate surface area is 122 Å². The molecule has 0 aliphatic heterocycles. The Morgan fingerprint density at radius 2 is 1.85 bits per heavy atom. The average Bonchev–Trinajstić information content (AvgIpc) is 2.53. The summed E-state index contributed by atoms with van der Waals surface area (Å²) in [6.07, 6.45) is 9.91. The molecule has 1 atom stereocenters. The molecule has 1 saturated carbocycles. The molecule has 108 valence electrons. The van der Waals surface area contributed by atoms with Crippen molar-refractivity contribution in [3.05, 3.63) is 35.4 Å². The van der Waals surface area contributed by atoms with E-state index in [9.17, 15) is 4.79 Å². The van der Waals surface area contributed by atoms with Gasteiger partial charge in [0.1, 0.15) is 0 Å². The summed E-state index contributed by atoms with van der Waals surface area (Å²) in [4.78, 5) is 12.5. The summed E-state index contributed by atoms with van der Waals surface area (Å²) in [5, 5.41) is 3.22. The second-order valence-corrected chi connectivity index (χ2v) is 6.39. The number of fused-ring (bicyclic) bond motifs is 1. The Balaban J connectivity index is 1.60. The van der Waals surface area contributed by atoms with Gasteiger partial charge in [-0.1, -0.05) is 43.5 Å². The highest BCUT2D eigenvalue weighted by Crippen LogP contribution is 2.31. The first kappa shape index (κ1) is 13.7. The van der Waals surface area contributed by atoms with Crippen LogP contribution in [-0.4, -0.2) is 12.5 Å². The summed E-state index contributed by atoms with van der Waals surface area (Å²) in [6, 6.07) is 8.46. The summed E-state index contributed by atoms with van der Waals surface area (Å²) in [7, 11) is 0.